The van der Waals surface area contributed by atoms with Gasteiger partial charge in [-0.3, -0.25) is 4.68 Å². The Hall–Kier alpha value is -2.64. The zero-order chi connectivity index (χ0) is 17.3. The molecule has 0 radical (unpaired) electrons. The van der Waals surface area contributed by atoms with E-state index in [-0.39, 0.29) is 6.04 Å². The van der Waals surface area contributed by atoms with Gasteiger partial charge in [0.15, 0.2) is 5.82 Å². The second-order valence-electron chi connectivity index (χ2n) is 6.27. The van der Waals surface area contributed by atoms with Gasteiger partial charge in [-0.25, -0.2) is 4.79 Å². The van der Waals surface area contributed by atoms with Gasteiger partial charge in [0.1, 0.15) is 11.4 Å². The summed E-state index contributed by atoms with van der Waals surface area (Å²) in [5.74, 6) is 0.907. The fourth-order valence-corrected chi connectivity index (χ4v) is 3.11. The first kappa shape index (κ1) is 16.2. The van der Waals surface area contributed by atoms with E-state index < -0.39 is 6.03 Å². The summed E-state index contributed by atoms with van der Waals surface area (Å²) in [6.07, 6.45) is 3.60. The van der Waals surface area contributed by atoms with Gasteiger partial charge in [0.2, 0.25) is 0 Å². The van der Waals surface area contributed by atoms with Crippen molar-refractivity contribution in [3.63, 3.8) is 0 Å². The largest absolute Gasteiger partial charge is 0.355 e. The molecule has 0 unspecified atom stereocenters. The van der Waals surface area contributed by atoms with Crippen LogP contribution in [0.2, 0.25) is 0 Å². The summed E-state index contributed by atoms with van der Waals surface area (Å²) >= 11 is 0. The molecule has 3 rings (SSSR count). The maximum absolute atomic E-state index is 11.0. The summed E-state index contributed by atoms with van der Waals surface area (Å²) in [5.41, 5.74) is 9.06. The Kier molecular flexibility index (Phi) is 4.37. The van der Waals surface area contributed by atoms with Crippen LogP contribution in [-0.4, -0.2) is 45.1 Å². The van der Waals surface area contributed by atoms with E-state index in [0.29, 0.717) is 0 Å². The van der Waals surface area contributed by atoms with Crippen LogP contribution in [0.3, 0.4) is 0 Å². The second kappa shape index (κ2) is 6.46. The van der Waals surface area contributed by atoms with Gasteiger partial charge in [0.05, 0.1) is 0 Å². The number of carbonyl (C=O) groups excluding carboxylic acids is 1. The van der Waals surface area contributed by atoms with Crippen molar-refractivity contribution in [1.29, 1.82) is 0 Å². The minimum absolute atomic E-state index is 0.140. The Bertz CT molecular complexity index is 747. The van der Waals surface area contributed by atoms with Crippen LogP contribution in [-0.2, 0) is 7.05 Å². The Balaban J connectivity index is 1.78. The molecule has 0 aromatic carbocycles. The number of urea groups is 1. The van der Waals surface area contributed by atoms with E-state index in [9.17, 15) is 4.79 Å². The predicted molar refractivity (Wildman–Crippen MR) is 91.7 cm³/mol. The Morgan fingerprint density at radius 3 is 2.54 bits per heavy atom. The van der Waals surface area contributed by atoms with Crippen LogP contribution in [0.4, 0.5) is 10.6 Å². The Morgan fingerprint density at radius 1 is 1.25 bits per heavy atom. The molecule has 2 amide bonds. The van der Waals surface area contributed by atoms with E-state index in [2.05, 4.69) is 39.4 Å². The van der Waals surface area contributed by atoms with Crippen LogP contribution < -0.4 is 16.0 Å². The molecule has 0 saturated carbocycles. The highest BCUT2D eigenvalue weighted by atomic mass is 16.2. The van der Waals surface area contributed by atoms with Gasteiger partial charge in [-0.05, 0) is 43.9 Å². The molecule has 128 valence electrons. The van der Waals surface area contributed by atoms with E-state index >= 15 is 0 Å². The lowest BCUT2D eigenvalue weighted by molar-refractivity contribution is 0.242. The standard InChI is InChI=1S/C16H23N7O/c1-10-11(2)15(20-19-14(10)13-6-7-22(3)21-13)23-8-4-12(5-9-23)18-16(17)24/h6-7,12H,4-5,8-9H2,1-3H3,(H3,17,18,24). The number of aryl methyl sites for hydroxylation is 1. The summed E-state index contributed by atoms with van der Waals surface area (Å²) in [4.78, 5) is 13.2. The number of nitrogens with two attached hydrogens (primary N) is 1. The summed E-state index contributed by atoms with van der Waals surface area (Å²) in [5, 5.41) is 16.0. The highest BCUT2D eigenvalue weighted by Crippen LogP contribution is 2.28. The molecule has 1 saturated heterocycles. The van der Waals surface area contributed by atoms with Gasteiger partial charge < -0.3 is 16.0 Å². The Labute approximate surface area is 141 Å². The SMILES string of the molecule is Cc1c(-c2ccn(C)n2)nnc(N2CCC(NC(N)=O)CC2)c1C. The van der Waals surface area contributed by atoms with Crippen molar-refractivity contribution >= 4 is 11.8 Å². The zero-order valence-corrected chi connectivity index (χ0v) is 14.3. The van der Waals surface area contributed by atoms with Crippen molar-refractivity contribution < 1.29 is 4.79 Å². The zero-order valence-electron chi connectivity index (χ0n) is 14.3. The summed E-state index contributed by atoms with van der Waals surface area (Å²) in [7, 11) is 1.89. The minimum Gasteiger partial charge on any atom is -0.355 e. The molecular weight excluding hydrogens is 306 g/mol. The minimum atomic E-state index is -0.458. The third kappa shape index (κ3) is 3.17. The van der Waals surface area contributed by atoms with Crippen LogP contribution in [0.5, 0.6) is 0 Å². The fourth-order valence-electron chi connectivity index (χ4n) is 3.11. The molecule has 3 heterocycles. The smallest absolute Gasteiger partial charge is 0.312 e. The number of nitrogens with one attached hydrogen (secondary N) is 1. The van der Waals surface area contributed by atoms with Gasteiger partial charge in [-0.2, -0.15) is 5.10 Å². The van der Waals surface area contributed by atoms with Crippen LogP contribution >= 0.6 is 0 Å². The van der Waals surface area contributed by atoms with Gasteiger partial charge >= 0.3 is 6.03 Å². The molecule has 0 atom stereocenters. The number of aromatic nitrogens is 4. The summed E-state index contributed by atoms with van der Waals surface area (Å²) < 4.78 is 1.76. The van der Waals surface area contributed by atoms with Crippen LogP contribution in [0.25, 0.3) is 11.4 Å². The average Bonchev–Trinajstić information content (AvgIpc) is 2.97. The number of anilines is 1. The van der Waals surface area contributed by atoms with Crippen LogP contribution in [0, 0.1) is 13.8 Å². The van der Waals surface area contributed by atoms with Crippen molar-refractivity contribution in [2.45, 2.75) is 32.7 Å². The number of nitrogens with zero attached hydrogens (tertiary/aromatic N) is 5. The molecule has 1 aliphatic heterocycles. The molecule has 2 aromatic rings. The molecule has 2 aromatic heterocycles. The number of amides is 2. The van der Waals surface area contributed by atoms with Gasteiger partial charge in [-0.1, -0.05) is 0 Å². The van der Waals surface area contributed by atoms with Crippen molar-refractivity contribution in [2.75, 3.05) is 18.0 Å². The van der Waals surface area contributed by atoms with E-state index in [1.807, 2.05) is 19.3 Å². The molecule has 0 aliphatic carbocycles. The first-order valence-electron chi connectivity index (χ1n) is 8.10. The lowest BCUT2D eigenvalue weighted by Crippen LogP contribution is -2.46. The molecular formula is C16H23N7O. The van der Waals surface area contributed by atoms with E-state index in [0.717, 1.165) is 54.3 Å². The van der Waals surface area contributed by atoms with Crippen molar-refractivity contribution in [2.24, 2.45) is 12.8 Å². The van der Waals surface area contributed by atoms with Gasteiger partial charge in [0.25, 0.3) is 0 Å². The summed E-state index contributed by atoms with van der Waals surface area (Å²) in [6, 6.07) is 1.62. The van der Waals surface area contributed by atoms with E-state index in [4.69, 9.17) is 5.73 Å². The first-order chi connectivity index (χ1) is 11.5. The molecule has 0 bridgehead atoms. The molecule has 0 spiro atoms. The number of hydrogen-bond donors (Lipinski definition) is 2. The van der Waals surface area contributed by atoms with Crippen molar-refractivity contribution in [1.82, 2.24) is 25.3 Å². The fraction of sp³-hybridized carbons (Fsp3) is 0.500. The molecule has 1 fully saturated rings. The van der Waals surface area contributed by atoms with Crippen molar-refractivity contribution in [3.8, 4) is 11.4 Å². The van der Waals surface area contributed by atoms with Crippen molar-refractivity contribution in [3.05, 3.63) is 23.4 Å². The van der Waals surface area contributed by atoms with E-state index in [1.165, 1.54) is 0 Å². The number of hydrogen-bond acceptors (Lipinski definition) is 5. The normalized spacial score (nSPS) is 15.5. The number of primary amides is 1. The quantitative estimate of drug-likeness (QED) is 0.879. The lowest BCUT2D eigenvalue weighted by Gasteiger charge is -2.33. The summed E-state index contributed by atoms with van der Waals surface area (Å²) in [6.45, 7) is 5.77. The monoisotopic (exact) mass is 329 g/mol. The van der Waals surface area contributed by atoms with Crippen LogP contribution in [0.1, 0.15) is 24.0 Å². The van der Waals surface area contributed by atoms with Gasteiger partial charge in [0, 0.05) is 32.4 Å². The maximum atomic E-state index is 11.0. The molecule has 3 N–H and O–H groups in total. The highest BCUT2D eigenvalue weighted by Gasteiger charge is 2.23. The van der Waals surface area contributed by atoms with Crippen LogP contribution in [0.15, 0.2) is 12.3 Å². The third-order valence-electron chi connectivity index (χ3n) is 4.59. The molecule has 24 heavy (non-hydrogen) atoms. The number of carbonyl (C=O) groups is 1. The lowest BCUT2D eigenvalue weighted by atomic mass is 10.0. The molecule has 1 aliphatic rings. The molecule has 8 nitrogen and oxygen atoms in total. The maximum Gasteiger partial charge on any atom is 0.312 e. The highest BCUT2D eigenvalue weighted by molar-refractivity contribution is 5.72. The second-order valence-corrected chi connectivity index (χ2v) is 6.27. The first-order valence-corrected chi connectivity index (χ1v) is 8.10. The van der Waals surface area contributed by atoms with E-state index in [1.54, 1.807) is 4.68 Å². The Morgan fingerprint density at radius 2 is 1.96 bits per heavy atom. The average molecular weight is 329 g/mol. The topological polar surface area (TPSA) is 102 Å². The van der Waals surface area contributed by atoms with Gasteiger partial charge in [-0.15, -0.1) is 10.2 Å². The third-order valence-corrected chi connectivity index (χ3v) is 4.59. The predicted octanol–water partition coefficient (Wildman–Crippen LogP) is 1.13. The number of piperidine rings is 1. The molecule has 8 heteroatoms. The number of rotatable bonds is 3.